The molecule has 21 heavy (non-hydrogen) atoms. The molecule has 5 heteroatoms. The molecular formula is C16H16ClNO3. The van der Waals surface area contributed by atoms with Crippen LogP contribution in [0.2, 0.25) is 5.02 Å². The normalized spacial score (nSPS) is 10.2. The molecule has 0 spiro atoms. The van der Waals surface area contributed by atoms with E-state index in [1.54, 1.807) is 49.4 Å². The quantitative estimate of drug-likeness (QED) is 0.824. The second-order valence-electron chi connectivity index (χ2n) is 4.39. The van der Waals surface area contributed by atoms with E-state index in [-0.39, 0.29) is 11.7 Å². The van der Waals surface area contributed by atoms with Gasteiger partial charge in [0, 0.05) is 22.8 Å². The summed E-state index contributed by atoms with van der Waals surface area (Å²) < 4.78 is 4.92. The van der Waals surface area contributed by atoms with Crippen LogP contribution in [0, 0.1) is 0 Å². The topological polar surface area (TPSA) is 58.6 Å². The third kappa shape index (κ3) is 3.89. The van der Waals surface area contributed by atoms with E-state index in [9.17, 15) is 9.90 Å². The Kier molecular flexibility index (Phi) is 5.06. The number of halogens is 1. The van der Waals surface area contributed by atoms with Gasteiger partial charge in [0.25, 0.3) is 0 Å². The predicted octanol–water partition coefficient (Wildman–Crippen LogP) is 3.83. The lowest BCUT2D eigenvalue weighted by atomic mass is 10.1. The Balaban J connectivity index is 2.03. The summed E-state index contributed by atoms with van der Waals surface area (Å²) in [5, 5.41) is 13.4. The molecule has 0 aliphatic carbocycles. The number of anilines is 1. The number of carbonyl (C=O) groups excluding carboxylic acids is 1. The Morgan fingerprint density at radius 3 is 2.57 bits per heavy atom. The minimum atomic E-state index is -0.340. The average molecular weight is 306 g/mol. The van der Waals surface area contributed by atoms with E-state index in [2.05, 4.69) is 5.32 Å². The van der Waals surface area contributed by atoms with Gasteiger partial charge in [0.2, 0.25) is 0 Å². The van der Waals surface area contributed by atoms with E-state index in [1.165, 1.54) is 0 Å². The van der Waals surface area contributed by atoms with Crippen LogP contribution in [-0.4, -0.2) is 17.7 Å². The molecule has 110 valence electrons. The molecule has 2 aromatic rings. The maximum atomic E-state index is 11.5. The minimum absolute atomic E-state index is 0.151. The van der Waals surface area contributed by atoms with E-state index in [0.717, 1.165) is 5.69 Å². The second kappa shape index (κ2) is 6.99. The van der Waals surface area contributed by atoms with E-state index >= 15 is 0 Å². The monoisotopic (exact) mass is 305 g/mol. The van der Waals surface area contributed by atoms with Gasteiger partial charge in [-0.15, -0.1) is 0 Å². The summed E-state index contributed by atoms with van der Waals surface area (Å²) in [6.45, 7) is 2.51. The molecule has 0 saturated carbocycles. The largest absolute Gasteiger partial charge is 0.508 e. The maximum absolute atomic E-state index is 11.5. The molecule has 0 saturated heterocycles. The molecule has 2 rings (SSSR count). The molecule has 2 aromatic carbocycles. The first-order chi connectivity index (χ1) is 10.1. The van der Waals surface area contributed by atoms with Crippen molar-refractivity contribution >= 4 is 23.3 Å². The smallest absolute Gasteiger partial charge is 0.338 e. The summed E-state index contributed by atoms with van der Waals surface area (Å²) in [5.41, 5.74) is 1.96. The number of phenols is 1. The van der Waals surface area contributed by atoms with Crippen LogP contribution >= 0.6 is 11.6 Å². The van der Waals surface area contributed by atoms with Crippen molar-refractivity contribution in [3.8, 4) is 5.75 Å². The summed E-state index contributed by atoms with van der Waals surface area (Å²) in [5.74, 6) is -0.189. The van der Waals surface area contributed by atoms with Gasteiger partial charge in [-0.25, -0.2) is 4.79 Å². The van der Waals surface area contributed by atoms with Crippen molar-refractivity contribution in [1.29, 1.82) is 0 Å². The van der Waals surface area contributed by atoms with Gasteiger partial charge in [0.1, 0.15) is 5.75 Å². The molecule has 0 aliphatic heterocycles. The van der Waals surface area contributed by atoms with Gasteiger partial charge in [-0.05, 0) is 43.3 Å². The van der Waals surface area contributed by atoms with Gasteiger partial charge in [0.05, 0.1) is 12.2 Å². The van der Waals surface area contributed by atoms with Gasteiger partial charge < -0.3 is 15.2 Å². The first-order valence-electron chi connectivity index (χ1n) is 6.59. The zero-order valence-electron chi connectivity index (χ0n) is 11.6. The van der Waals surface area contributed by atoms with Gasteiger partial charge in [-0.3, -0.25) is 0 Å². The third-order valence-corrected chi connectivity index (χ3v) is 3.31. The fraction of sp³-hybridized carbons (Fsp3) is 0.188. The van der Waals surface area contributed by atoms with Crippen molar-refractivity contribution in [2.24, 2.45) is 0 Å². The van der Waals surface area contributed by atoms with Crippen LogP contribution in [0.25, 0.3) is 0 Å². The molecule has 0 aliphatic rings. The standard InChI is InChI=1S/C16H16ClNO3/c1-2-21-16(20)11-6-8-12(9-7-11)18-10-13-14(17)4-3-5-15(13)19/h3-9,18-19H,2,10H2,1H3. The Labute approximate surface area is 128 Å². The average Bonchev–Trinajstić information content (AvgIpc) is 2.47. The molecule has 0 heterocycles. The van der Waals surface area contributed by atoms with Crippen LogP contribution in [-0.2, 0) is 11.3 Å². The molecule has 0 bridgehead atoms. The van der Waals surface area contributed by atoms with Gasteiger partial charge in [0.15, 0.2) is 0 Å². The number of nitrogens with one attached hydrogen (secondary N) is 1. The van der Waals surface area contributed by atoms with Crippen molar-refractivity contribution in [2.45, 2.75) is 13.5 Å². The van der Waals surface area contributed by atoms with Gasteiger partial charge >= 0.3 is 5.97 Å². The summed E-state index contributed by atoms with van der Waals surface area (Å²) in [7, 11) is 0. The predicted molar refractivity (Wildman–Crippen MR) is 82.8 cm³/mol. The van der Waals surface area contributed by atoms with Crippen LogP contribution < -0.4 is 5.32 Å². The number of hydrogen-bond donors (Lipinski definition) is 2. The van der Waals surface area contributed by atoms with E-state index < -0.39 is 0 Å². The Bertz CT molecular complexity index is 606. The summed E-state index contributed by atoms with van der Waals surface area (Å²) >= 11 is 6.04. The summed E-state index contributed by atoms with van der Waals surface area (Å²) in [4.78, 5) is 11.5. The lowest BCUT2D eigenvalue weighted by Crippen LogP contribution is -2.05. The number of esters is 1. The lowest BCUT2D eigenvalue weighted by Gasteiger charge is -2.10. The molecule has 0 unspecified atom stereocenters. The highest BCUT2D eigenvalue weighted by molar-refractivity contribution is 6.31. The number of carbonyl (C=O) groups is 1. The van der Waals surface area contributed by atoms with Gasteiger partial charge in [-0.1, -0.05) is 17.7 Å². The van der Waals surface area contributed by atoms with Crippen LogP contribution in [0.15, 0.2) is 42.5 Å². The SMILES string of the molecule is CCOC(=O)c1ccc(NCc2c(O)cccc2Cl)cc1. The number of benzene rings is 2. The van der Waals surface area contributed by atoms with Crippen LogP contribution in [0.3, 0.4) is 0 Å². The van der Waals surface area contributed by atoms with Crippen LogP contribution in [0.1, 0.15) is 22.8 Å². The van der Waals surface area contributed by atoms with Crippen molar-refractivity contribution in [3.63, 3.8) is 0 Å². The van der Waals surface area contributed by atoms with Crippen molar-refractivity contribution in [1.82, 2.24) is 0 Å². The number of phenolic OH excluding ortho intramolecular Hbond substituents is 1. The molecule has 0 aromatic heterocycles. The number of ether oxygens (including phenoxy) is 1. The Hall–Kier alpha value is -2.20. The first kappa shape index (κ1) is 15.2. The highest BCUT2D eigenvalue weighted by Gasteiger charge is 2.07. The van der Waals surface area contributed by atoms with E-state index in [1.807, 2.05) is 0 Å². The lowest BCUT2D eigenvalue weighted by molar-refractivity contribution is 0.0526. The molecule has 2 N–H and O–H groups in total. The molecule has 0 atom stereocenters. The molecular weight excluding hydrogens is 290 g/mol. The number of aromatic hydroxyl groups is 1. The van der Waals surface area contributed by atoms with Crippen LogP contribution in [0.5, 0.6) is 5.75 Å². The number of hydrogen-bond acceptors (Lipinski definition) is 4. The Morgan fingerprint density at radius 2 is 1.95 bits per heavy atom. The first-order valence-corrected chi connectivity index (χ1v) is 6.97. The van der Waals surface area contributed by atoms with Crippen molar-refractivity contribution in [2.75, 3.05) is 11.9 Å². The van der Waals surface area contributed by atoms with Gasteiger partial charge in [-0.2, -0.15) is 0 Å². The Morgan fingerprint density at radius 1 is 1.24 bits per heavy atom. The summed E-state index contributed by atoms with van der Waals surface area (Å²) in [6.07, 6.45) is 0. The molecule has 0 fully saturated rings. The minimum Gasteiger partial charge on any atom is -0.508 e. The van der Waals surface area contributed by atoms with Crippen molar-refractivity contribution in [3.05, 3.63) is 58.6 Å². The maximum Gasteiger partial charge on any atom is 0.338 e. The highest BCUT2D eigenvalue weighted by atomic mass is 35.5. The summed E-state index contributed by atoms with van der Waals surface area (Å²) in [6, 6.07) is 11.9. The zero-order valence-corrected chi connectivity index (χ0v) is 12.4. The number of rotatable bonds is 5. The fourth-order valence-corrected chi connectivity index (χ4v) is 2.09. The molecule has 0 amide bonds. The van der Waals surface area contributed by atoms with Crippen molar-refractivity contribution < 1.29 is 14.6 Å². The fourth-order valence-electron chi connectivity index (χ4n) is 1.85. The third-order valence-electron chi connectivity index (χ3n) is 2.96. The molecule has 4 nitrogen and oxygen atoms in total. The molecule has 0 radical (unpaired) electrons. The van der Waals surface area contributed by atoms with E-state index in [4.69, 9.17) is 16.3 Å². The zero-order chi connectivity index (χ0) is 15.2. The second-order valence-corrected chi connectivity index (χ2v) is 4.80. The van der Waals surface area contributed by atoms with E-state index in [0.29, 0.717) is 29.3 Å². The highest BCUT2D eigenvalue weighted by Crippen LogP contribution is 2.26. The van der Waals surface area contributed by atoms with Crippen LogP contribution in [0.4, 0.5) is 5.69 Å².